The third-order valence-corrected chi connectivity index (χ3v) is 2.10. The quantitative estimate of drug-likeness (QED) is 0.577. The lowest BCUT2D eigenvalue weighted by Crippen LogP contribution is -1.92. The molecule has 0 saturated heterocycles. The van der Waals surface area contributed by atoms with E-state index >= 15 is 0 Å². The first-order valence-electron chi connectivity index (χ1n) is 5.10. The highest BCUT2D eigenvalue weighted by Crippen LogP contribution is 2.17. The van der Waals surface area contributed by atoms with Gasteiger partial charge in [0.25, 0.3) is 0 Å². The summed E-state index contributed by atoms with van der Waals surface area (Å²) in [6.45, 7) is 9.68. The van der Waals surface area contributed by atoms with Gasteiger partial charge in [0, 0.05) is 0 Å². The largest absolute Gasteiger partial charge is 0.246 e. The summed E-state index contributed by atoms with van der Waals surface area (Å²) in [5.74, 6) is 0. The van der Waals surface area contributed by atoms with Gasteiger partial charge < -0.3 is 0 Å². The van der Waals surface area contributed by atoms with Gasteiger partial charge in [0.15, 0.2) is 0 Å². The van der Waals surface area contributed by atoms with Gasteiger partial charge in [-0.25, -0.2) is 4.39 Å². The van der Waals surface area contributed by atoms with Gasteiger partial charge in [-0.15, -0.1) is 0 Å². The van der Waals surface area contributed by atoms with Crippen LogP contribution in [0.4, 0.5) is 4.39 Å². The van der Waals surface area contributed by atoms with Crippen LogP contribution in [0, 0.1) is 0 Å². The summed E-state index contributed by atoms with van der Waals surface area (Å²) in [4.78, 5) is 0. The highest BCUT2D eigenvalue weighted by molar-refractivity contribution is 5.39. The molecule has 0 fully saturated rings. The van der Waals surface area contributed by atoms with Crippen LogP contribution in [-0.4, -0.2) is 6.67 Å². The Bertz CT molecular complexity index is 263. The predicted molar refractivity (Wildman–Crippen MR) is 62.2 cm³/mol. The molecular formula is C13H21F. The standard InChI is InChI=1S/C13H21F/c1-6-7-11(4)13(9-14)12(5)8-10(2)3/h7-8H,6,9H2,1-5H3/b11-7+,13-12-. The van der Waals surface area contributed by atoms with Crippen LogP contribution in [0.5, 0.6) is 0 Å². The minimum atomic E-state index is -0.377. The summed E-state index contributed by atoms with van der Waals surface area (Å²) in [6.07, 6.45) is 5.05. The molecule has 0 atom stereocenters. The van der Waals surface area contributed by atoms with Crippen LogP contribution in [0.2, 0.25) is 0 Å². The first kappa shape index (κ1) is 13.2. The van der Waals surface area contributed by atoms with Crippen molar-refractivity contribution < 1.29 is 4.39 Å². The second-order valence-electron chi connectivity index (χ2n) is 3.81. The van der Waals surface area contributed by atoms with Crippen molar-refractivity contribution in [2.75, 3.05) is 6.67 Å². The predicted octanol–water partition coefficient (Wildman–Crippen LogP) is 4.59. The molecule has 0 aromatic carbocycles. The molecule has 0 heterocycles. The molecule has 0 N–H and O–H groups in total. The third kappa shape index (κ3) is 4.40. The Labute approximate surface area is 87.2 Å². The maximum atomic E-state index is 12.8. The molecular weight excluding hydrogens is 175 g/mol. The molecule has 1 heteroatoms. The molecule has 0 radical (unpaired) electrons. The van der Waals surface area contributed by atoms with Crippen LogP contribution in [-0.2, 0) is 0 Å². The Morgan fingerprint density at radius 1 is 1.14 bits per heavy atom. The van der Waals surface area contributed by atoms with Crippen molar-refractivity contribution in [1.82, 2.24) is 0 Å². The molecule has 0 amide bonds. The molecule has 14 heavy (non-hydrogen) atoms. The van der Waals surface area contributed by atoms with Crippen LogP contribution in [0.1, 0.15) is 41.0 Å². The zero-order chi connectivity index (χ0) is 11.1. The average molecular weight is 196 g/mol. The van der Waals surface area contributed by atoms with Crippen molar-refractivity contribution in [2.24, 2.45) is 0 Å². The summed E-state index contributed by atoms with van der Waals surface area (Å²) >= 11 is 0. The van der Waals surface area contributed by atoms with E-state index in [4.69, 9.17) is 0 Å². The minimum absolute atomic E-state index is 0.377. The van der Waals surface area contributed by atoms with Gasteiger partial charge in [0.05, 0.1) is 0 Å². The van der Waals surface area contributed by atoms with Crippen molar-refractivity contribution in [3.63, 3.8) is 0 Å². The third-order valence-electron chi connectivity index (χ3n) is 2.10. The van der Waals surface area contributed by atoms with E-state index in [9.17, 15) is 4.39 Å². The number of halogens is 1. The fourth-order valence-electron chi connectivity index (χ4n) is 1.47. The molecule has 0 aromatic heterocycles. The number of hydrogen-bond acceptors (Lipinski definition) is 0. The Kier molecular flexibility index (Phi) is 6.18. The maximum Gasteiger partial charge on any atom is 0.115 e. The van der Waals surface area contributed by atoms with Gasteiger partial charge in [-0.2, -0.15) is 0 Å². The van der Waals surface area contributed by atoms with Gasteiger partial charge in [0.1, 0.15) is 6.67 Å². The van der Waals surface area contributed by atoms with Crippen molar-refractivity contribution in [3.8, 4) is 0 Å². The molecule has 0 aliphatic rings. The smallest absolute Gasteiger partial charge is 0.115 e. The number of alkyl halides is 1. The Morgan fingerprint density at radius 3 is 2.07 bits per heavy atom. The zero-order valence-electron chi connectivity index (χ0n) is 9.95. The molecule has 0 unspecified atom stereocenters. The van der Waals surface area contributed by atoms with Crippen molar-refractivity contribution in [2.45, 2.75) is 41.0 Å². The van der Waals surface area contributed by atoms with E-state index in [1.54, 1.807) is 0 Å². The lowest BCUT2D eigenvalue weighted by Gasteiger charge is -2.07. The van der Waals surface area contributed by atoms with Crippen LogP contribution in [0.25, 0.3) is 0 Å². The fourth-order valence-corrected chi connectivity index (χ4v) is 1.47. The molecule has 0 spiro atoms. The molecule has 80 valence electrons. The van der Waals surface area contributed by atoms with E-state index in [0.717, 1.165) is 23.1 Å². The monoisotopic (exact) mass is 196 g/mol. The van der Waals surface area contributed by atoms with Gasteiger partial charge in [-0.05, 0) is 50.8 Å². The van der Waals surface area contributed by atoms with Gasteiger partial charge in [0.2, 0.25) is 0 Å². The van der Waals surface area contributed by atoms with E-state index in [2.05, 4.69) is 13.0 Å². The lowest BCUT2D eigenvalue weighted by atomic mass is 10.0. The van der Waals surface area contributed by atoms with E-state index in [1.807, 2.05) is 33.8 Å². The molecule has 0 aliphatic carbocycles. The van der Waals surface area contributed by atoms with Crippen molar-refractivity contribution in [1.29, 1.82) is 0 Å². The van der Waals surface area contributed by atoms with Crippen molar-refractivity contribution >= 4 is 0 Å². The number of allylic oxidation sites excluding steroid dienone is 6. The first-order chi connectivity index (χ1) is 6.52. The highest BCUT2D eigenvalue weighted by Gasteiger charge is 2.02. The van der Waals surface area contributed by atoms with Crippen LogP contribution >= 0.6 is 0 Å². The van der Waals surface area contributed by atoms with Crippen LogP contribution in [0.15, 0.2) is 34.4 Å². The van der Waals surface area contributed by atoms with E-state index in [-0.39, 0.29) is 6.67 Å². The molecule has 0 saturated carbocycles. The maximum absolute atomic E-state index is 12.8. The van der Waals surface area contributed by atoms with Gasteiger partial charge in [-0.3, -0.25) is 0 Å². The van der Waals surface area contributed by atoms with Gasteiger partial charge >= 0.3 is 0 Å². The SMILES string of the molecule is CC/C=C(C)/C(CF)=C(/C)C=C(C)C. The lowest BCUT2D eigenvalue weighted by molar-refractivity contribution is 0.544. The van der Waals surface area contributed by atoms with Gasteiger partial charge in [-0.1, -0.05) is 24.6 Å². The van der Waals surface area contributed by atoms with E-state index in [1.165, 1.54) is 5.57 Å². The first-order valence-corrected chi connectivity index (χ1v) is 5.10. The Balaban J connectivity index is 5.04. The number of rotatable bonds is 4. The molecule has 0 aliphatic heterocycles. The minimum Gasteiger partial charge on any atom is -0.246 e. The summed E-state index contributed by atoms with van der Waals surface area (Å²) in [7, 11) is 0. The molecule has 0 bridgehead atoms. The summed E-state index contributed by atoms with van der Waals surface area (Å²) in [6, 6.07) is 0. The highest BCUT2D eigenvalue weighted by atomic mass is 19.1. The van der Waals surface area contributed by atoms with E-state index < -0.39 is 0 Å². The van der Waals surface area contributed by atoms with Crippen molar-refractivity contribution in [3.05, 3.63) is 34.4 Å². The second-order valence-corrected chi connectivity index (χ2v) is 3.81. The summed E-state index contributed by atoms with van der Waals surface area (Å²) in [5.41, 5.74) is 4.13. The van der Waals surface area contributed by atoms with Crippen LogP contribution in [0.3, 0.4) is 0 Å². The molecule has 0 rings (SSSR count). The average Bonchev–Trinajstić information content (AvgIpc) is 2.04. The molecule has 0 nitrogen and oxygen atoms in total. The Hall–Kier alpha value is -0.850. The second kappa shape index (κ2) is 6.58. The van der Waals surface area contributed by atoms with E-state index in [0.29, 0.717) is 0 Å². The topological polar surface area (TPSA) is 0 Å². The normalized spacial score (nSPS) is 13.7. The number of hydrogen-bond donors (Lipinski definition) is 0. The Morgan fingerprint density at radius 2 is 1.71 bits per heavy atom. The zero-order valence-corrected chi connectivity index (χ0v) is 9.95. The van der Waals surface area contributed by atoms with Crippen LogP contribution < -0.4 is 0 Å². The molecule has 0 aromatic rings. The fraction of sp³-hybridized carbons (Fsp3) is 0.538. The summed E-state index contributed by atoms with van der Waals surface area (Å²) < 4.78 is 12.8. The summed E-state index contributed by atoms with van der Waals surface area (Å²) in [5, 5.41) is 0.